The fourth-order valence-electron chi connectivity index (χ4n) is 1.07. The summed E-state index contributed by atoms with van der Waals surface area (Å²) in [6.45, 7) is -0.209. The average molecular weight is 212 g/mol. The Morgan fingerprint density at radius 3 is 2.93 bits per heavy atom. The molecule has 82 valence electrons. The first kappa shape index (κ1) is 11.4. The van der Waals surface area contributed by atoms with Crippen LogP contribution in [0.15, 0.2) is 24.3 Å². The van der Waals surface area contributed by atoms with Crippen molar-refractivity contribution in [3.63, 3.8) is 0 Å². The van der Waals surface area contributed by atoms with Crippen LogP contribution < -0.4 is 5.32 Å². The Morgan fingerprint density at radius 2 is 2.40 bits per heavy atom. The van der Waals surface area contributed by atoms with Crippen LogP contribution in [0, 0.1) is 10.1 Å². The van der Waals surface area contributed by atoms with Gasteiger partial charge in [0.05, 0.1) is 11.5 Å². The van der Waals surface area contributed by atoms with Crippen LogP contribution in [-0.4, -0.2) is 30.0 Å². The number of aliphatic hydroxyl groups excluding tert-OH is 1. The van der Waals surface area contributed by atoms with Gasteiger partial charge >= 0.3 is 0 Å². The number of rotatable bonds is 5. The van der Waals surface area contributed by atoms with Crippen LogP contribution in [0.3, 0.4) is 0 Å². The molecule has 0 amide bonds. The van der Waals surface area contributed by atoms with E-state index in [0.717, 1.165) is 0 Å². The monoisotopic (exact) mass is 212 g/mol. The first-order chi connectivity index (χ1) is 7.17. The first-order valence-electron chi connectivity index (χ1n) is 4.32. The maximum absolute atomic E-state index is 10.5. The number of nitrogens with one attached hydrogen (secondary N) is 1. The van der Waals surface area contributed by atoms with Crippen LogP contribution in [0.2, 0.25) is 0 Å². The third-order valence-electron chi connectivity index (χ3n) is 1.83. The maximum Gasteiger partial charge on any atom is 0.271 e. The highest BCUT2D eigenvalue weighted by atomic mass is 16.6. The molecule has 0 aliphatic rings. The zero-order valence-electron chi connectivity index (χ0n) is 8.21. The minimum absolute atomic E-state index is 0.00667. The molecule has 15 heavy (non-hydrogen) atoms. The van der Waals surface area contributed by atoms with E-state index >= 15 is 0 Å². The number of aliphatic hydroxyl groups is 1. The third-order valence-corrected chi connectivity index (χ3v) is 1.83. The van der Waals surface area contributed by atoms with E-state index in [1.54, 1.807) is 12.1 Å². The summed E-state index contributed by atoms with van der Waals surface area (Å²) in [5, 5.41) is 22.1. The molecule has 0 heterocycles. The molecular weight excluding hydrogens is 200 g/mol. The van der Waals surface area contributed by atoms with Gasteiger partial charge in [0.25, 0.3) is 5.69 Å². The van der Waals surface area contributed by atoms with Crippen molar-refractivity contribution in [3.05, 3.63) is 34.4 Å². The van der Waals surface area contributed by atoms with Crippen molar-refractivity contribution in [2.75, 3.05) is 19.0 Å². The van der Waals surface area contributed by atoms with Crippen molar-refractivity contribution in [3.8, 4) is 0 Å². The number of ether oxygens (including phenoxy) is 1. The van der Waals surface area contributed by atoms with Gasteiger partial charge in [-0.05, 0) is 6.07 Å². The van der Waals surface area contributed by atoms with Gasteiger partial charge in [-0.3, -0.25) is 10.1 Å². The molecule has 6 heteroatoms. The van der Waals surface area contributed by atoms with Gasteiger partial charge in [0.2, 0.25) is 0 Å². The second kappa shape index (κ2) is 5.28. The van der Waals surface area contributed by atoms with Gasteiger partial charge in [0.15, 0.2) is 6.23 Å². The fourth-order valence-corrected chi connectivity index (χ4v) is 1.07. The minimum atomic E-state index is -0.563. The van der Waals surface area contributed by atoms with Crippen molar-refractivity contribution in [1.82, 2.24) is 0 Å². The van der Waals surface area contributed by atoms with E-state index in [4.69, 9.17) is 9.84 Å². The highest BCUT2D eigenvalue weighted by Gasteiger charge is 2.08. The highest BCUT2D eigenvalue weighted by molar-refractivity contribution is 5.51. The molecule has 0 aliphatic heterocycles. The van der Waals surface area contributed by atoms with Gasteiger partial charge in [-0.25, -0.2) is 0 Å². The van der Waals surface area contributed by atoms with Crippen molar-refractivity contribution in [2.24, 2.45) is 0 Å². The molecule has 0 aliphatic carbocycles. The van der Waals surface area contributed by atoms with E-state index in [0.29, 0.717) is 5.69 Å². The Hall–Kier alpha value is -1.66. The number of hydrogen-bond donors (Lipinski definition) is 2. The summed E-state index contributed by atoms with van der Waals surface area (Å²) in [6, 6.07) is 5.99. The molecule has 1 aromatic rings. The molecule has 2 N–H and O–H groups in total. The van der Waals surface area contributed by atoms with Gasteiger partial charge in [-0.15, -0.1) is 0 Å². The molecule has 0 fully saturated rings. The Labute approximate surface area is 86.6 Å². The smallest absolute Gasteiger partial charge is 0.271 e. The maximum atomic E-state index is 10.5. The summed E-state index contributed by atoms with van der Waals surface area (Å²) in [4.78, 5) is 9.99. The number of benzene rings is 1. The number of nitrogens with zero attached hydrogens (tertiary/aromatic N) is 1. The number of anilines is 1. The fraction of sp³-hybridized carbons (Fsp3) is 0.333. The predicted octanol–water partition coefficient (Wildman–Crippen LogP) is 0.972. The summed E-state index contributed by atoms with van der Waals surface area (Å²) in [5.41, 5.74) is 0.526. The standard InChI is InChI=1S/C9H12N2O4/c1-15-9(6-12)10-7-3-2-4-8(5-7)11(13)14/h2-5,9-10,12H,6H2,1H3. The number of nitro benzene ring substituents is 1. The second-order valence-corrected chi connectivity index (χ2v) is 2.86. The second-order valence-electron chi connectivity index (χ2n) is 2.86. The molecule has 0 spiro atoms. The number of non-ortho nitro benzene ring substituents is 1. The molecule has 0 radical (unpaired) electrons. The molecule has 0 saturated carbocycles. The van der Waals surface area contributed by atoms with Crippen molar-refractivity contribution in [2.45, 2.75) is 6.23 Å². The average Bonchev–Trinajstić information content (AvgIpc) is 2.26. The van der Waals surface area contributed by atoms with Crippen molar-refractivity contribution < 1.29 is 14.8 Å². The van der Waals surface area contributed by atoms with E-state index in [1.807, 2.05) is 0 Å². The topological polar surface area (TPSA) is 84.6 Å². The van der Waals surface area contributed by atoms with E-state index in [2.05, 4.69) is 5.32 Å². The van der Waals surface area contributed by atoms with Crippen LogP contribution in [-0.2, 0) is 4.74 Å². The quantitative estimate of drug-likeness (QED) is 0.431. The molecule has 6 nitrogen and oxygen atoms in total. The summed E-state index contributed by atoms with van der Waals surface area (Å²) in [5.74, 6) is 0. The Balaban J connectivity index is 2.77. The van der Waals surface area contributed by atoms with Gasteiger partial charge in [0, 0.05) is 24.9 Å². The molecular formula is C9H12N2O4. The zero-order valence-corrected chi connectivity index (χ0v) is 8.21. The number of methoxy groups -OCH3 is 1. The lowest BCUT2D eigenvalue weighted by Crippen LogP contribution is -2.25. The Morgan fingerprint density at radius 1 is 1.67 bits per heavy atom. The molecule has 0 aromatic heterocycles. The molecule has 0 bridgehead atoms. The summed E-state index contributed by atoms with van der Waals surface area (Å²) >= 11 is 0. The summed E-state index contributed by atoms with van der Waals surface area (Å²) in [7, 11) is 1.44. The van der Waals surface area contributed by atoms with Gasteiger partial charge in [0.1, 0.15) is 0 Å². The van der Waals surface area contributed by atoms with E-state index < -0.39 is 11.2 Å². The normalized spacial score (nSPS) is 12.1. The largest absolute Gasteiger partial charge is 0.392 e. The van der Waals surface area contributed by atoms with Gasteiger partial charge in [-0.1, -0.05) is 6.07 Å². The zero-order chi connectivity index (χ0) is 11.3. The van der Waals surface area contributed by atoms with Gasteiger partial charge < -0.3 is 15.2 Å². The van der Waals surface area contributed by atoms with Crippen LogP contribution in [0.1, 0.15) is 0 Å². The number of hydrogen-bond acceptors (Lipinski definition) is 5. The van der Waals surface area contributed by atoms with Crippen LogP contribution >= 0.6 is 0 Å². The van der Waals surface area contributed by atoms with Crippen LogP contribution in [0.5, 0.6) is 0 Å². The SMILES string of the molecule is COC(CO)Nc1cccc([N+](=O)[O-])c1. The lowest BCUT2D eigenvalue weighted by molar-refractivity contribution is -0.384. The van der Waals surface area contributed by atoms with E-state index in [-0.39, 0.29) is 12.3 Å². The molecule has 1 atom stereocenters. The minimum Gasteiger partial charge on any atom is -0.392 e. The summed E-state index contributed by atoms with van der Waals surface area (Å²) in [6.07, 6.45) is -0.563. The molecule has 1 rings (SSSR count). The first-order valence-corrected chi connectivity index (χ1v) is 4.32. The number of nitro groups is 1. The molecule has 1 aromatic carbocycles. The molecule has 0 saturated heterocycles. The third kappa shape index (κ3) is 3.19. The lowest BCUT2D eigenvalue weighted by atomic mass is 10.3. The van der Waals surface area contributed by atoms with Gasteiger partial charge in [-0.2, -0.15) is 0 Å². The van der Waals surface area contributed by atoms with E-state index in [9.17, 15) is 10.1 Å². The highest BCUT2D eigenvalue weighted by Crippen LogP contribution is 2.17. The summed E-state index contributed by atoms with van der Waals surface area (Å²) < 4.78 is 4.87. The Bertz CT molecular complexity index is 339. The predicted molar refractivity (Wildman–Crippen MR) is 54.6 cm³/mol. The van der Waals surface area contributed by atoms with E-state index in [1.165, 1.54) is 19.2 Å². The van der Waals surface area contributed by atoms with Crippen LogP contribution in [0.4, 0.5) is 11.4 Å². The van der Waals surface area contributed by atoms with Crippen molar-refractivity contribution >= 4 is 11.4 Å². The molecule has 1 unspecified atom stereocenters. The van der Waals surface area contributed by atoms with Crippen LogP contribution in [0.25, 0.3) is 0 Å². The lowest BCUT2D eigenvalue weighted by Gasteiger charge is -2.15. The van der Waals surface area contributed by atoms with Crippen molar-refractivity contribution in [1.29, 1.82) is 0 Å². The Kier molecular flexibility index (Phi) is 4.02.